The molecule has 2 saturated heterocycles. The fourth-order valence-corrected chi connectivity index (χ4v) is 3.35. The van der Waals surface area contributed by atoms with Crippen LogP contribution in [0.2, 0.25) is 0 Å². The molecule has 2 aliphatic rings. The maximum absolute atomic E-state index is 12.7. The van der Waals surface area contributed by atoms with Gasteiger partial charge in [-0.15, -0.1) is 0 Å². The molecule has 5 nitrogen and oxygen atoms in total. The van der Waals surface area contributed by atoms with Crippen LogP contribution in [0.25, 0.3) is 0 Å². The number of rotatable bonds is 5. The second-order valence-corrected chi connectivity index (χ2v) is 6.73. The molecule has 1 N–H and O–H groups in total. The van der Waals surface area contributed by atoms with Gasteiger partial charge in [0.15, 0.2) is 0 Å². The van der Waals surface area contributed by atoms with Crippen molar-refractivity contribution >= 4 is 11.8 Å². The minimum Gasteiger partial charge on any atom is -0.378 e. The molecule has 0 aromatic heterocycles. The van der Waals surface area contributed by atoms with Gasteiger partial charge in [-0.1, -0.05) is 20.8 Å². The van der Waals surface area contributed by atoms with Crippen molar-refractivity contribution in [2.75, 3.05) is 13.2 Å². The van der Waals surface area contributed by atoms with Gasteiger partial charge in [0, 0.05) is 19.1 Å². The molecular formula is C16H28N2O3. The Morgan fingerprint density at radius 3 is 2.62 bits per heavy atom. The number of ether oxygens (including phenoxy) is 1. The normalized spacial score (nSPS) is 33.7. The summed E-state index contributed by atoms with van der Waals surface area (Å²) in [5.41, 5.74) is 0. The molecule has 0 saturated carbocycles. The Morgan fingerprint density at radius 1 is 1.38 bits per heavy atom. The largest absolute Gasteiger partial charge is 0.378 e. The van der Waals surface area contributed by atoms with E-state index in [1.807, 2.05) is 11.8 Å². The number of hydrogen-bond donors (Lipinski definition) is 1. The third-order valence-electron chi connectivity index (χ3n) is 4.63. The van der Waals surface area contributed by atoms with Gasteiger partial charge in [0.1, 0.15) is 12.1 Å². The van der Waals surface area contributed by atoms with E-state index >= 15 is 0 Å². The summed E-state index contributed by atoms with van der Waals surface area (Å²) in [6.45, 7) is 9.55. The van der Waals surface area contributed by atoms with E-state index < -0.39 is 0 Å². The van der Waals surface area contributed by atoms with Gasteiger partial charge < -0.3 is 15.0 Å². The summed E-state index contributed by atoms with van der Waals surface area (Å²) < 4.78 is 5.59. The van der Waals surface area contributed by atoms with Crippen LogP contribution in [-0.2, 0) is 14.3 Å². The van der Waals surface area contributed by atoms with Crippen LogP contribution in [-0.4, -0.2) is 48.1 Å². The summed E-state index contributed by atoms with van der Waals surface area (Å²) >= 11 is 0. The van der Waals surface area contributed by atoms with Crippen molar-refractivity contribution in [3.63, 3.8) is 0 Å². The van der Waals surface area contributed by atoms with Gasteiger partial charge in [0.05, 0.1) is 6.10 Å². The first-order valence-electron chi connectivity index (χ1n) is 8.16. The molecule has 120 valence electrons. The van der Waals surface area contributed by atoms with Gasteiger partial charge in [0.2, 0.25) is 11.8 Å². The van der Waals surface area contributed by atoms with Crippen LogP contribution in [0.5, 0.6) is 0 Å². The Hall–Kier alpha value is -1.10. The van der Waals surface area contributed by atoms with Gasteiger partial charge in [-0.3, -0.25) is 9.59 Å². The molecule has 0 radical (unpaired) electrons. The summed E-state index contributed by atoms with van der Waals surface area (Å²) in [6, 6.07) is -0.688. The molecule has 0 aliphatic carbocycles. The zero-order valence-corrected chi connectivity index (χ0v) is 13.6. The Bertz CT molecular complexity index is 397. The van der Waals surface area contributed by atoms with Crippen LogP contribution < -0.4 is 5.32 Å². The minimum atomic E-state index is -0.363. The van der Waals surface area contributed by atoms with Crippen molar-refractivity contribution in [3.05, 3.63) is 0 Å². The highest BCUT2D eigenvalue weighted by molar-refractivity contribution is 5.96. The van der Waals surface area contributed by atoms with Gasteiger partial charge >= 0.3 is 0 Å². The van der Waals surface area contributed by atoms with Crippen molar-refractivity contribution in [1.82, 2.24) is 10.2 Å². The quantitative estimate of drug-likeness (QED) is 0.837. The van der Waals surface area contributed by atoms with E-state index in [1.165, 1.54) is 0 Å². The van der Waals surface area contributed by atoms with Crippen LogP contribution in [0.1, 0.15) is 47.0 Å². The molecule has 2 fully saturated rings. The summed E-state index contributed by atoms with van der Waals surface area (Å²) in [5.74, 6) is 0.796. The van der Waals surface area contributed by atoms with Gasteiger partial charge in [-0.25, -0.2) is 0 Å². The molecule has 21 heavy (non-hydrogen) atoms. The predicted molar refractivity (Wildman–Crippen MR) is 80.7 cm³/mol. The van der Waals surface area contributed by atoms with Crippen molar-refractivity contribution in [3.8, 4) is 0 Å². The lowest BCUT2D eigenvalue weighted by Crippen LogP contribution is -2.64. The second kappa shape index (κ2) is 6.77. The van der Waals surface area contributed by atoms with Gasteiger partial charge in [0.25, 0.3) is 0 Å². The summed E-state index contributed by atoms with van der Waals surface area (Å²) in [7, 11) is 0. The van der Waals surface area contributed by atoms with E-state index in [4.69, 9.17) is 4.74 Å². The number of nitrogens with zero attached hydrogens (tertiary/aromatic N) is 1. The molecule has 0 aromatic carbocycles. The monoisotopic (exact) mass is 296 g/mol. The fourth-order valence-electron chi connectivity index (χ4n) is 3.35. The smallest absolute Gasteiger partial charge is 0.245 e. The zero-order chi connectivity index (χ0) is 15.6. The van der Waals surface area contributed by atoms with Crippen molar-refractivity contribution < 1.29 is 14.3 Å². The van der Waals surface area contributed by atoms with Crippen LogP contribution in [0.3, 0.4) is 0 Å². The Labute approximate surface area is 127 Å². The first-order valence-corrected chi connectivity index (χ1v) is 8.16. The topological polar surface area (TPSA) is 58.6 Å². The number of carbonyl (C=O) groups is 2. The molecule has 2 aliphatic heterocycles. The first kappa shape index (κ1) is 16.3. The third-order valence-corrected chi connectivity index (χ3v) is 4.63. The molecular weight excluding hydrogens is 268 g/mol. The highest BCUT2D eigenvalue weighted by Crippen LogP contribution is 2.25. The maximum atomic E-state index is 12.7. The fraction of sp³-hybridized carbons (Fsp3) is 0.875. The third kappa shape index (κ3) is 3.57. The molecule has 5 heteroatoms. The average Bonchev–Trinajstić information content (AvgIpc) is 2.80. The maximum Gasteiger partial charge on any atom is 0.245 e. The number of piperazine rings is 1. The lowest BCUT2D eigenvalue weighted by atomic mass is 9.95. The van der Waals surface area contributed by atoms with E-state index in [0.717, 1.165) is 13.0 Å². The summed E-state index contributed by atoms with van der Waals surface area (Å²) in [4.78, 5) is 26.8. The molecule has 0 bridgehead atoms. The molecule has 4 unspecified atom stereocenters. The zero-order valence-electron chi connectivity index (χ0n) is 13.6. The van der Waals surface area contributed by atoms with Crippen molar-refractivity contribution in [2.24, 2.45) is 11.8 Å². The molecule has 0 aromatic rings. The Balaban J connectivity index is 2.12. The highest BCUT2D eigenvalue weighted by Gasteiger charge is 2.41. The van der Waals surface area contributed by atoms with Crippen molar-refractivity contribution in [1.29, 1.82) is 0 Å². The minimum absolute atomic E-state index is 0.00526. The average molecular weight is 296 g/mol. The summed E-state index contributed by atoms with van der Waals surface area (Å²) in [5, 5.41) is 2.90. The number of nitrogens with one attached hydrogen (secondary N) is 1. The molecule has 4 atom stereocenters. The predicted octanol–water partition coefficient (Wildman–Crippen LogP) is 1.56. The SMILES string of the molecule is CCC1C(=O)NC(CC(C)C)C(=O)N1CC1CCOC1C. The van der Waals surface area contributed by atoms with E-state index in [0.29, 0.717) is 31.2 Å². The van der Waals surface area contributed by atoms with E-state index in [-0.39, 0.29) is 30.0 Å². The van der Waals surface area contributed by atoms with Crippen LogP contribution in [0, 0.1) is 11.8 Å². The molecule has 2 rings (SSSR count). The standard InChI is InChI=1S/C16H28N2O3/c1-5-14-15(19)17-13(8-10(2)3)16(20)18(14)9-12-6-7-21-11(12)4/h10-14H,5-9H2,1-4H3,(H,17,19). The summed E-state index contributed by atoms with van der Waals surface area (Å²) in [6.07, 6.45) is 2.50. The molecule has 0 spiro atoms. The molecule has 2 heterocycles. The van der Waals surface area contributed by atoms with E-state index in [9.17, 15) is 9.59 Å². The van der Waals surface area contributed by atoms with E-state index in [2.05, 4.69) is 26.1 Å². The Morgan fingerprint density at radius 2 is 2.10 bits per heavy atom. The van der Waals surface area contributed by atoms with Crippen LogP contribution >= 0.6 is 0 Å². The number of hydrogen-bond acceptors (Lipinski definition) is 3. The van der Waals surface area contributed by atoms with Gasteiger partial charge in [-0.2, -0.15) is 0 Å². The van der Waals surface area contributed by atoms with E-state index in [1.54, 1.807) is 0 Å². The number of amides is 2. The number of carbonyl (C=O) groups excluding carboxylic acids is 2. The van der Waals surface area contributed by atoms with Crippen LogP contribution in [0.15, 0.2) is 0 Å². The second-order valence-electron chi connectivity index (χ2n) is 6.73. The van der Waals surface area contributed by atoms with Crippen molar-refractivity contribution in [2.45, 2.75) is 65.1 Å². The Kier molecular flexibility index (Phi) is 5.25. The van der Waals surface area contributed by atoms with Crippen LogP contribution in [0.4, 0.5) is 0 Å². The lowest BCUT2D eigenvalue weighted by Gasteiger charge is -2.40. The van der Waals surface area contributed by atoms with Gasteiger partial charge in [-0.05, 0) is 32.1 Å². The lowest BCUT2D eigenvalue weighted by molar-refractivity contribution is -0.150. The first-order chi connectivity index (χ1) is 9.93. The highest BCUT2D eigenvalue weighted by atomic mass is 16.5. The molecule has 2 amide bonds.